The van der Waals surface area contributed by atoms with E-state index in [-0.39, 0.29) is 6.04 Å². The number of hydrogen-bond donors (Lipinski definition) is 1. The van der Waals surface area contributed by atoms with Crippen molar-refractivity contribution in [2.75, 3.05) is 6.54 Å². The molecular formula is C17H17BrN2O. The van der Waals surface area contributed by atoms with Crippen molar-refractivity contribution >= 4 is 15.9 Å². The minimum atomic E-state index is 0.192. The lowest BCUT2D eigenvalue weighted by Crippen LogP contribution is -2.18. The molecule has 108 valence electrons. The molecular weight excluding hydrogens is 328 g/mol. The fourth-order valence-corrected chi connectivity index (χ4v) is 2.47. The van der Waals surface area contributed by atoms with Gasteiger partial charge in [-0.1, -0.05) is 35.0 Å². The maximum atomic E-state index is 8.96. The number of nitriles is 1. The van der Waals surface area contributed by atoms with Crippen LogP contribution in [0, 0.1) is 11.3 Å². The molecule has 0 aromatic heterocycles. The molecule has 1 unspecified atom stereocenters. The second kappa shape index (κ2) is 7.26. The molecule has 0 saturated carbocycles. The van der Waals surface area contributed by atoms with Gasteiger partial charge in [0.2, 0.25) is 0 Å². The predicted octanol–water partition coefficient (Wildman–Crippen LogP) is 4.78. The zero-order valence-electron chi connectivity index (χ0n) is 12.1. The summed E-state index contributed by atoms with van der Waals surface area (Å²) in [4.78, 5) is 0. The van der Waals surface area contributed by atoms with Gasteiger partial charge in [0.15, 0.2) is 0 Å². The van der Waals surface area contributed by atoms with Gasteiger partial charge in [-0.3, -0.25) is 0 Å². The second-order valence-corrected chi connectivity index (χ2v) is 5.62. The molecule has 1 N–H and O–H groups in total. The van der Waals surface area contributed by atoms with E-state index in [0.717, 1.165) is 22.3 Å². The first-order valence-corrected chi connectivity index (χ1v) is 7.64. The quantitative estimate of drug-likeness (QED) is 0.848. The highest BCUT2D eigenvalue weighted by atomic mass is 79.9. The van der Waals surface area contributed by atoms with Crippen molar-refractivity contribution in [3.05, 3.63) is 58.1 Å². The Labute approximate surface area is 133 Å². The van der Waals surface area contributed by atoms with Gasteiger partial charge in [-0.15, -0.1) is 0 Å². The van der Waals surface area contributed by atoms with Crippen LogP contribution in [-0.4, -0.2) is 6.54 Å². The van der Waals surface area contributed by atoms with Gasteiger partial charge in [0, 0.05) is 16.1 Å². The highest BCUT2D eigenvalue weighted by molar-refractivity contribution is 9.10. The van der Waals surface area contributed by atoms with E-state index in [2.05, 4.69) is 41.2 Å². The SMILES string of the molecule is CCNC(C)c1ccc(Br)cc1Oc1cccc(C#N)c1. The first kappa shape index (κ1) is 15.6. The van der Waals surface area contributed by atoms with Crippen LogP contribution in [0.3, 0.4) is 0 Å². The molecule has 0 heterocycles. The molecule has 0 aliphatic rings. The topological polar surface area (TPSA) is 45.0 Å². The third-order valence-electron chi connectivity index (χ3n) is 3.14. The lowest BCUT2D eigenvalue weighted by Gasteiger charge is -2.18. The Balaban J connectivity index is 2.33. The fourth-order valence-electron chi connectivity index (χ4n) is 2.13. The Morgan fingerprint density at radius 1 is 1.29 bits per heavy atom. The summed E-state index contributed by atoms with van der Waals surface area (Å²) in [5.41, 5.74) is 1.67. The molecule has 0 spiro atoms. The first-order chi connectivity index (χ1) is 10.1. The molecule has 2 rings (SSSR count). The molecule has 0 saturated heterocycles. The van der Waals surface area contributed by atoms with Crippen LogP contribution < -0.4 is 10.1 Å². The molecule has 0 aliphatic heterocycles. The normalized spacial score (nSPS) is 11.7. The van der Waals surface area contributed by atoms with Crippen LogP contribution in [0.25, 0.3) is 0 Å². The Kier molecular flexibility index (Phi) is 5.38. The van der Waals surface area contributed by atoms with Crippen molar-refractivity contribution in [2.24, 2.45) is 0 Å². The molecule has 0 amide bonds. The zero-order chi connectivity index (χ0) is 15.2. The zero-order valence-corrected chi connectivity index (χ0v) is 13.6. The highest BCUT2D eigenvalue weighted by Gasteiger charge is 2.12. The average Bonchev–Trinajstić information content (AvgIpc) is 2.48. The van der Waals surface area contributed by atoms with Gasteiger partial charge in [0.25, 0.3) is 0 Å². The van der Waals surface area contributed by atoms with Crippen LogP contribution >= 0.6 is 15.9 Å². The van der Waals surface area contributed by atoms with E-state index < -0.39 is 0 Å². The maximum absolute atomic E-state index is 8.96. The van der Waals surface area contributed by atoms with Gasteiger partial charge in [-0.25, -0.2) is 0 Å². The van der Waals surface area contributed by atoms with E-state index >= 15 is 0 Å². The lowest BCUT2D eigenvalue weighted by molar-refractivity contribution is 0.462. The number of nitrogens with zero attached hydrogens (tertiary/aromatic N) is 1. The summed E-state index contributed by atoms with van der Waals surface area (Å²) >= 11 is 3.47. The number of ether oxygens (including phenoxy) is 1. The van der Waals surface area contributed by atoms with Crippen LogP contribution in [0.1, 0.15) is 31.0 Å². The first-order valence-electron chi connectivity index (χ1n) is 6.85. The van der Waals surface area contributed by atoms with Gasteiger partial charge in [-0.05, 0) is 43.8 Å². The number of halogens is 1. The highest BCUT2D eigenvalue weighted by Crippen LogP contribution is 2.32. The smallest absolute Gasteiger partial charge is 0.133 e. The minimum absolute atomic E-state index is 0.192. The molecule has 21 heavy (non-hydrogen) atoms. The van der Waals surface area contributed by atoms with Crippen LogP contribution in [0.15, 0.2) is 46.9 Å². The van der Waals surface area contributed by atoms with Gasteiger partial charge in [0.05, 0.1) is 11.6 Å². The second-order valence-electron chi connectivity index (χ2n) is 4.70. The third-order valence-corrected chi connectivity index (χ3v) is 3.64. The Morgan fingerprint density at radius 3 is 2.81 bits per heavy atom. The van der Waals surface area contributed by atoms with Crippen LogP contribution in [0.4, 0.5) is 0 Å². The Hall–Kier alpha value is -1.83. The summed E-state index contributed by atoms with van der Waals surface area (Å²) in [6, 6.07) is 15.5. The van der Waals surface area contributed by atoms with Crippen molar-refractivity contribution < 1.29 is 4.74 Å². The van der Waals surface area contributed by atoms with Crippen molar-refractivity contribution in [2.45, 2.75) is 19.9 Å². The minimum Gasteiger partial charge on any atom is -0.457 e. The molecule has 4 heteroatoms. The van der Waals surface area contributed by atoms with Crippen molar-refractivity contribution in [3.63, 3.8) is 0 Å². The Morgan fingerprint density at radius 2 is 2.10 bits per heavy atom. The lowest BCUT2D eigenvalue weighted by atomic mass is 10.1. The van der Waals surface area contributed by atoms with Gasteiger partial charge >= 0.3 is 0 Å². The van der Waals surface area contributed by atoms with E-state index in [1.807, 2.05) is 30.3 Å². The van der Waals surface area contributed by atoms with Crippen LogP contribution in [0.2, 0.25) is 0 Å². The molecule has 0 fully saturated rings. The summed E-state index contributed by atoms with van der Waals surface area (Å²) in [5, 5.41) is 12.3. The molecule has 1 atom stereocenters. The standard InChI is InChI=1S/C17H17BrN2O/c1-3-20-12(2)16-8-7-14(18)10-17(16)21-15-6-4-5-13(9-15)11-19/h4-10,12,20H,3H2,1-2H3. The molecule has 2 aromatic carbocycles. The monoisotopic (exact) mass is 344 g/mol. The Bertz CT molecular complexity index is 664. The van der Waals surface area contributed by atoms with Crippen molar-refractivity contribution in [3.8, 4) is 17.6 Å². The third kappa shape index (κ3) is 4.07. The average molecular weight is 345 g/mol. The summed E-state index contributed by atoms with van der Waals surface area (Å²) in [7, 11) is 0. The maximum Gasteiger partial charge on any atom is 0.133 e. The predicted molar refractivity (Wildman–Crippen MR) is 87.5 cm³/mol. The van der Waals surface area contributed by atoms with Crippen molar-refractivity contribution in [1.82, 2.24) is 5.32 Å². The summed E-state index contributed by atoms with van der Waals surface area (Å²) in [6.07, 6.45) is 0. The van der Waals surface area contributed by atoms with Crippen LogP contribution in [0.5, 0.6) is 11.5 Å². The van der Waals surface area contributed by atoms with E-state index in [1.54, 1.807) is 12.1 Å². The number of hydrogen-bond acceptors (Lipinski definition) is 3. The fraction of sp³-hybridized carbons (Fsp3) is 0.235. The number of rotatable bonds is 5. The van der Waals surface area contributed by atoms with Crippen molar-refractivity contribution in [1.29, 1.82) is 5.26 Å². The van der Waals surface area contributed by atoms with E-state index in [1.165, 1.54) is 0 Å². The molecule has 2 aromatic rings. The summed E-state index contributed by atoms with van der Waals surface area (Å²) in [5.74, 6) is 1.45. The van der Waals surface area contributed by atoms with E-state index in [4.69, 9.17) is 10.00 Å². The number of nitrogens with one attached hydrogen (secondary N) is 1. The van der Waals surface area contributed by atoms with E-state index in [9.17, 15) is 0 Å². The largest absolute Gasteiger partial charge is 0.457 e. The summed E-state index contributed by atoms with van der Waals surface area (Å²) < 4.78 is 6.94. The van der Waals surface area contributed by atoms with E-state index in [0.29, 0.717) is 11.3 Å². The van der Waals surface area contributed by atoms with Gasteiger partial charge in [0.1, 0.15) is 11.5 Å². The molecule has 0 radical (unpaired) electrons. The van der Waals surface area contributed by atoms with Crippen LogP contribution in [-0.2, 0) is 0 Å². The molecule has 3 nitrogen and oxygen atoms in total. The molecule has 0 aliphatic carbocycles. The van der Waals surface area contributed by atoms with Gasteiger partial charge < -0.3 is 10.1 Å². The number of benzene rings is 2. The molecule has 0 bridgehead atoms. The summed E-state index contributed by atoms with van der Waals surface area (Å²) in [6.45, 7) is 5.07. The van der Waals surface area contributed by atoms with Gasteiger partial charge in [-0.2, -0.15) is 5.26 Å².